The number of primary sulfonamides is 1. The molecule has 0 aliphatic carbocycles. The van der Waals surface area contributed by atoms with Gasteiger partial charge in [0.1, 0.15) is 0 Å². The van der Waals surface area contributed by atoms with Crippen molar-refractivity contribution in [2.45, 2.75) is 11.3 Å². The topological polar surface area (TPSA) is 111 Å². The molecular weight excluding hydrogens is 294 g/mol. The first-order valence-electron chi connectivity index (χ1n) is 6.51. The molecule has 118 valence electrons. The molecule has 21 heavy (non-hydrogen) atoms. The number of sulfonamides is 1. The lowest BCUT2D eigenvalue weighted by molar-refractivity contribution is -0.120. The lowest BCUT2D eigenvalue weighted by atomic mass is 10.1. The Morgan fingerprint density at radius 3 is 2.48 bits per heavy atom. The average Bonchev–Trinajstić information content (AvgIpc) is 2.43. The van der Waals surface area contributed by atoms with Crippen LogP contribution >= 0.6 is 0 Å². The Morgan fingerprint density at radius 2 is 1.90 bits per heavy atom. The molecule has 0 saturated carbocycles. The molecule has 0 heterocycles. The summed E-state index contributed by atoms with van der Waals surface area (Å²) in [4.78, 5) is 11.6. The summed E-state index contributed by atoms with van der Waals surface area (Å²) in [5.41, 5.74) is 0.926. The molecule has 0 unspecified atom stereocenters. The second-order valence-corrected chi connectivity index (χ2v) is 6.02. The molecule has 0 aliphatic heterocycles. The van der Waals surface area contributed by atoms with E-state index >= 15 is 0 Å². The number of hydrogen-bond acceptors (Lipinski definition) is 5. The molecular formula is C13H21N3O4S. The number of carbonyl (C=O) groups is 1. The molecule has 0 fully saturated rings. The quantitative estimate of drug-likeness (QED) is 0.518. The fraction of sp³-hybridized carbons (Fsp3) is 0.462. The van der Waals surface area contributed by atoms with E-state index in [0.717, 1.165) is 5.56 Å². The molecule has 4 N–H and O–H groups in total. The van der Waals surface area contributed by atoms with Crippen LogP contribution in [-0.4, -0.2) is 47.7 Å². The van der Waals surface area contributed by atoms with Gasteiger partial charge in [0, 0.05) is 20.2 Å². The van der Waals surface area contributed by atoms with E-state index in [1.807, 2.05) is 0 Å². The monoisotopic (exact) mass is 315 g/mol. The molecule has 8 heteroatoms. The first kappa shape index (κ1) is 17.6. The van der Waals surface area contributed by atoms with Gasteiger partial charge in [-0.15, -0.1) is 0 Å². The third-order valence-corrected chi connectivity index (χ3v) is 3.69. The molecule has 0 spiro atoms. The summed E-state index contributed by atoms with van der Waals surface area (Å²) in [6.07, 6.45) is 0.620. The average molecular weight is 315 g/mol. The standard InChI is InChI=1S/C13H21N3O4S/c1-20-9-8-15-10-13(17)16-7-6-11-2-4-12(5-3-11)21(14,18)19/h2-5,15H,6-10H2,1H3,(H,16,17)(H2,14,18,19). The van der Waals surface area contributed by atoms with E-state index in [1.54, 1.807) is 19.2 Å². The van der Waals surface area contributed by atoms with E-state index in [2.05, 4.69) is 10.6 Å². The number of nitrogens with one attached hydrogen (secondary N) is 2. The number of carbonyl (C=O) groups excluding carboxylic acids is 1. The Labute approximate surface area is 124 Å². The van der Waals surface area contributed by atoms with Gasteiger partial charge in [-0.25, -0.2) is 13.6 Å². The maximum absolute atomic E-state index is 11.5. The van der Waals surface area contributed by atoms with Crippen LogP contribution in [0.5, 0.6) is 0 Å². The Kier molecular flexibility index (Phi) is 7.30. The lowest BCUT2D eigenvalue weighted by Crippen LogP contribution is -2.36. The van der Waals surface area contributed by atoms with Crippen molar-refractivity contribution in [2.24, 2.45) is 5.14 Å². The Balaban J connectivity index is 2.28. The normalized spacial score (nSPS) is 11.3. The van der Waals surface area contributed by atoms with E-state index < -0.39 is 10.0 Å². The highest BCUT2D eigenvalue weighted by Crippen LogP contribution is 2.08. The fourth-order valence-corrected chi connectivity index (χ4v) is 2.15. The van der Waals surface area contributed by atoms with E-state index in [-0.39, 0.29) is 17.3 Å². The SMILES string of the molecule is COCCNCC(=O)NCCc1ccc(S(N)(=O)=O)cc1. The smallest absolute Gasteiger partial charge is 0.238 e. The summed E-state index contributed by atoms with van der Waals surface area (Å²) in [6.45, 7) is 1.91. The molecule has 0 radical (unpaired) electrons. The van der Waals surface area contributed by atoms with Crippen LogP contribution in [0.3, 0.4) is 0 Å². The van der Waals surface area contributed by atoms with Crippen LogP contribution < -0.4 is 15.8 Å². The van der Waals surface area contributed by atoms with Crippen molar-refractivity contribution in [3.63, 3.8) is 0 Å². The van der Waals surface area contributed by atoms with Crippen molar-refractivity contribution in [2.75, 3.05) is 33.4 Å². The maximum Gasteiger partial charge on any atom is 0.238 e. The van der Waals surface area contributed by atoms with Crippen LogP contribution in [0.25, 0.3) is 0 Å². The van der Waals surface area contributed by atoms with Crippen molar-refractivity contribution in [1.82, 2.24) is 10.6 Å². The van der Waals surface area contributed by atoms with Crippen LogP contribution in [0.2, 0.25) is 0 Å². The van der Waals surface area contributed by atoms with E-state index in [9.17, 15) is 13.2 Å². The molecule has 1 amide bonds. The van der Waals surface area contributed by atoms with Gasteiger partial charge in [-0.05, 0) is 24.1 Å². The molecule has 0 bridgehead atoms. The largest absolute Gasteiger partial charge is 0.383 e. The lowest BCUT2D eigenvalue weighted by Gasteiger charge is -2.07. The predicted molar refractivity (Wildman–Crippen MR) is 79.3 cm³/mol. The number of benzene rings is 1. The second kappa shape index (κ2) is 8.73. The van der Waals surface area contributed by atoms with Gasteiger partial charge in [0.2, 0.25) is 15.9 Å². The number of methoxy groups -OCH3 is 1. The Bertz CT molecular complexity index is 543. The minimum atomic E-state index is -3.66. The zero-order valence-electron chi connectivity index (χ0n) is 12.0. The zero-order chi connectivity index (χ0) is 15.7. The van der Waals surface area contributed by atoms with Crippen molar-refractivity contribution < 1.29 is 17.9 Å². The molecule has 1 rings (SSSR count). The second-order valence-electron chi connectivity index (χ2n) is 4.46. The van der Waals surface area contributed by atoms with Crippen LogP contribution in [0.15, 0.2) is 29.2 Å². The van der Waals surface area contributed by atoms with Gasteiger partial charge < -0.3 is 15.4 Å². The summed E-state index contributed by atoms with van der Waals surface area (Å²) >= 11 is 0. The number of nitrogens with two attached hydrogens (primary N) is 1. The van der Waals surface area contributed by atoms with E-state index in [0.29, 0.717) is 26.1 Å². The van der Waals surface area contributed by atoms with Crippen LogP contribution in [0.4, 0.5) is 0 Å². The van der Waals surface area contributed by atoms with Crippen molar-refractivity contribution in [3.8, 4) is 0 Å². The summed E-state index contributed by atoms with van der Waals surface area (Å²) in [6, 6.07) is 6.28. The summed E-state index contributed by atoms with van der Waals surface area (Å²) in [7, 11) is -2.06. The van der Waals surface area contributed by atoms with Gasteiger partial charge in [0.25, 0.3) is 0 Å². The zero-order valence-corrected chi connectivity index (χ0v) is 12.8. The molecule has 0 aromatic heterocycles. The van der Waals surface area contributed by atoms with Gasteiger partial charge >= 0.3 is 0 Å². The minimum absolute atomic E-state index is 0.0811. The fourth-order valence-electron chi connectivity index (χ4n) is 1.63. The third-order valence-electron chi connectivity index (χ3n) is 2.76. The minimum Gasteiger partial charge on any atom is -0.383 e. The Morgan fingerprint density at radius 1 is 1.24 bits per heavy atom. The number of ether oxygens (including phenoxy) is 1. The Hall–Kier alpha value is -1.48. The number of amides is 1. The molecule has 7 nitrogen and oxygen atoms in total. The summed E-state index contributed by atoms with van der Waals surface area (Å²) in [5, 5.41) is 10.7. The van der Waals surface area contributed by atoms with Crippen molar-refractivity contribution >= 4 is 15.9 Å². The van der Waals surface area contributed by atoms with Gasteiger partial charge in [-0.1, -0.05) is 12.1 Å². The number of hydrogen-bond donors (Lipinski definition) is 3. The molecule has 1 aromatic rings. The van der Waals surface area contributed by atoms with E-state index in [1.165, 1.54) is 12.1 Å². The highest BCUT2D eigenvalue weighted by molar-refractivity contribution is 7.89. The molecule has 0 aliphatic rings. The highest BCUT2D eigenvalue weighted by Gasteiger charge is 2.06. The predicted octanol–water partition coefficient (Wildman–Crippen LogP) is -0.771. The third kappa shape index (κ3) is 7.19. The summed E-state index contributed by atoms with van der Waals surface area (Å²) < 4.78 is 27.0. The van der Waals surface area contributed by atoms with E-state index in [4.69, 9.17) is 9.88 Å². The van der Waals surface area contributed by atoms with Gasteiger partial charge in [-0.2, -0.15) is 0 Å². The first-order chi connectivity index (χ1) is 9.93. The molecule has 0 saturated heterocycles. The van der Waals surface area contributed by atoms with Crippen molar-refractivity contribution in [3.05, 3.63) is 29.8 Å². The number of rotatable bonds is 9. The van der Waals surface area contributed by atoms with Gasteiger partial charge in [0.15, 0.2) is 0 Å². The van der Waals surface area contributed by atoms with Crippen LogP contribution in [-0.2, 0) is 26.0 Å². The maximum atomic E-state index is 11.5. The van der Waals surface area contributed by atoms with Gasteiger partial charge in [0.05, 0.1) is 18.0 Å². The van der Waals surface area contributed by atoms with Gasteiger partial charge in [-0.3, -0.25) is 4.79 Å². The molecule has 0 atom stereocenters. The highest BCUT2D eigenvalue weighted by atomic mass is 32.2. The molecule has 1 aromatic carbocycles. The summed E-state index contributed by atoms with van der Waals surface area (Å²) in [5.74, 6) is -0.0905. The van der Waals surface area contributed by atoms with Crippen molar-refractivity contribution in [1.29, 1.82) is 0 Å². The van der Waals surface area contributed by atoms with Crippen LogP contribution in [0.1, 0.15) is 5.56 Å². The first-order valence-corrected chi connectivity index (χ1v) is 8.06. The van der Waals surface area contributed by atoms with Crippen LogP contribution in [0, 0.1) is 0 Å².